The van der Waals surface area contributed by atoms with Crippen molar-refractivity contribution >= 4 is 26.7 Å². The fourth-order valence-electron chi connectivity index (χ4n) is 3.01. The first-order valence-electron chi connectivity index (χ1n) is 9.19. The van der Waals surface area contributed by atoms with Gasteiger partial charge in [0.25, 0.3) is 0 Å². The quantitative estimate of drug-likeness (QED) is 0.561. The number of nitrogens with one attached hydrogen (secondary N) is 2. The van der Waals surface area contributed by atoms with Crippen LogP contribution in [0.3, 0.4) is 0 Å². The van der Waals surface area contributed by atoms with Gasteiger partial charge in [-0.05, 0) is 34.9 Å². The van der Waals surface area contributed by atoms with Crippen LogP contribution in [-0.4, -0.2) is 26.9 Å². The number of hydrogen-bond donors (Lipinski definition) is 2. The summed E-state index contributed by atoms with van der Waals surface area (Å²) in [5.74, 6) is -0.465. The Labute approximate surface area is 170 Å². The molecule has 0 aliphatic rings. The number of fused-ring (bicyclic) bond motifs is 1. The van der Waals surface area contributed by atoms with Gasteiger partial charge in [-0.1, -0.05) is 60.7 Å². The minimum absolute atomic E-state index is 0.0911. The van der Waals surface area contributed by atoms with Crippen molar-refractivity contribution in [1.82, 2.24) is 10.0 Å². The number of amides is 1. The zero-order chi connectivity index (χ0) is 20.7. The van der Waals surface area contributed by atoms with Crippen molar-refractivity contribution in [3.05, 3.63) is 78.4 Å². The second-order valence-electron chi connectivity index (χ2n) is 6.57. The highest BCUT2D eigenvalue weighted by molar-refractivity contribution is 7.89. The third-order valence-corrected chi connectivity index (χ3v) is 5.94. The highest BCUT2D eigenvalue weighted by Crippen LogP contribution is 2.17. The van der Waals surface area contributed by atoms with Gasteiger partial charge in [-0.2, -0.15) is 9.98 Å². The fraction of sp³-hybridized carbons (Fsp3) is 0.182. The summed E-state index contributed by atoms with van der Waals surface area (Å²) < 4.78 is 28.0. The molecular weight excluding hydrogens is 386 g/mol. The Kier molecular flexibility index (Phi) is 6.60. The Hall–Kier alpha value is -3.21. The summed E-state index contributed by atoms with van der Waals surface area (Å²) in [5.41, 5.74) is 0.833. The number of benzene rings is 3. The van der Waals surface area contributed by atoms with E-state index in [9.17, 15) is 13.2 Å². The topological polar surface area (TPSA) is 99.1 Å². The Balaban J connectivity index is 1.85. The Morgan fingerprint density at radius 2 is 1.66 bits per heavy atom. The first kappa shape index (κ1) is 20.5. The Morgan fingerprint density at radius 1 is 0.966 bits per heavy atom. The minimum atomic E-state index is -3.87. The maximum atomic E-state index is 12.7. The van der Waals surface area contributed by atoms with Crippen LogP contribution in [0, 0.1) is 11.3 Å². The molecule has 2 N–H and O–H groups in total. The van der Waals surface area contributed by atoms with Gasteiger partial charge in [-0.15, -0.1) is 0 Å². The van der Waals surface area contributed by atoms with E-state index in [0.29, 0.717) is 0 Å². The van der Waals surface area contributed by atoms with E-state index in [0.717, 1.165) is 16.3 Å². The van der Waals surface area contributed by atoms with Gasteiger partial charge in [0.1, 0.15) is 6.04 Å². The molecule has 0 fully saturated rings. The zero-order valence-corrected chi connectivity index (χ0v) is 16.5. The van der Waals surface area contributed by atoms with E-state index in [1.165, 1.54) is 12.1 Å². The molecule has 148 valence electrons. The monoisotopic (exact) mass is 407 g/mol. The van der Waals surface area contributed by atoms with E-state index in [2.05, 4.69) is 10.0 Å². The molecule has 0 saturated heterocycles. The highest BCUT2D eigenvalue weighted by Gasteiger charge is 2.26. The summed E-state index contributed by atoms with van der Waals surface area (Å²) >= 11 is 0. The summed E-state index contributed by atoms with van der Waals surface area (Å²) in [6, 6.07) is 22.5. The SMILES string of the molecule is N#CCCNC(=O)C(Cc1ccc2ccccc2c1)NS(=O)(=O)c1ccccc1. The molecule has 0 spiro atoms. The lowest BCUT2D eigenvalue weighted by Crippen LogP contribution is -2.48. The molecule has 0 aliphatic carbocycles. The van der Waals surface area contributed by atoms with Gasteiger partial charge in [0.2, 0.25) is 15.9 Å². The van der Waals surface area contributed by atoms with Crippen LogP contribution in [0.15, 0.2) is 77.7 Å². The normalized spacial score (nSPS) is 12.2. The summed E-state index contributed by atoms with van der Waals surface area (Å²) in [5, 5.41) is 13.4. The van der Waals surface area contributed by atoms with Gasteiger partial charge >= 0.3 is 0 Å². The van der Waals surface area contributed by atoms with E-state index in [-0.39, 0.29) is 24.3 Å². The highest BCUT2D eigenvalue weighted by atomic mass is 32.2. The summed E-state index contributed by atoms with van der Waals surface area (Å²) in [7, 11) is -3.87. The van der Waals surface area contributed by atoms with Crippen LogP contribution >= 0.6 is 0 Å². The molecule has 1 amide bonds. The number of carbonyl (C=O) groups excluding carboxylic acids is 1. The Bertz CT molecular complexity index is 1140. The van der Waals surface area contributed by atoms with Crippen LogP contribution in [-0.2, 0) is 21.2 Å². The van der Waals surface area contributed by atoms with Gasteiger partial charge in [0.15, 0.2) is 0 Å². The largest absolute Gasteiger partial charge is 0.354 e. The lowest BCUT2D eigenvalue weighted by molar-refractivity contribution is -0.122. The van der Waals surface area contributed by atoms with Crippen LogP contribution in [0.25, 0.3) is 10.8 Å². The lowest BCUT2D eigenvalue weighted by Gasteiger charge is -2.19. The predicted octanol–water partition coefficient (Wildman–Crippen LogP) is 2.76. The number of rotatable bonds is 8. The predicted molar refractivity (Wildman–Crippen MR) is 111 cm³/mol. The number of nitriles is 1. The van der Waals surface area contributed by atoms with Crippen molar-refractivity contribution in [1.29, 1.82) is 5.26 Å². The third-order valence-electron chi connectivity index (χ3n) is 4.46. The molecule has 3 rings (SSSR count). The molecule has 3 aromatic rings. The first-order chi connectivity index (χ1) is 14.0. The molecular formula is C22H21N3O3S. The van der Waals surface area contributed by atoms with Crippen molar-refractivity contribution < 1.29 is 13.2 Å². The van der Waals surface area contributed by atoms with Gasteiger partial charge in [-0.25, -0.2) is 8.42 Å². The van der Waals surface area contributed by atoms with E-state index in [4.69, 9.17) is 5.26 Å². The fourth-order valence-corrected chi connectivity index (χ4v) is 4.23. The molecule has 29 heavy (non-hydrogen) atoms. The maximum absolute atomic E-state index is 12.7. The molecule has 0 aromatic heterocycles. The summed E-state index contributed by atoms with van der Waals surface area (Å²) in [6.07, 6.45) is 0.342. The van der Waals surface area contributed by atoms with Gasteiger partial charge in [0, 0.05) is 6.54 Å². The zero-order valence-electron chi connectivity index (χ0n) is 15.7. The molecule has 6 nitrogen and oxygen atoms in total. The summed E-state index contributed by atoms with van der Waals surface area (Å²) in [6.45, 7) is 0.163. The van der Waals surface area contributed by atoms with E-state index < -0.39 is 22.0 Å². The van der Waals surface area contributed by atoms with Crippen molar-refractivity contribution in [2.24, 2.45) is 0 Å². The van der Waals surface area contributed by atoms with Crippen molar-refractivity contribution in [3.63, 3.8) is 0 Å². The van der Waals surface area contributed by atoms with Crippen molar-refractivity contribution in [3.8, 4) is 6.07 Å². The van der Waals surface area contributed by atoms with Gasteiger partial charge in [-0.3, -0.25) is 4.79 Å². The standard InChI is InChI=1S/C22H21N3O3S/c23-13-6-14-24-22(26)21(25-29(27,28)20-9-2-1-3-10-20)16-17-11-12-18-7-4-5-8-19(18)15-17/h1-5,7-12,15,21,25H,6,14,16H2,(H,24,26). The molecule has 3 aromatic carbocycles. The van der Waals surface area contributed by atoms with Crippen LogP contribution < -0.4 is 10.0 Å². The second-order valence-corrected chi connectivity index (χ2v) is 8.29. The minimum Gasteiger partial charge on any atom is -0.354 e. The lowest BCUT2D eigenvalue weighted by atomic mass is 10.0. The van der Waals surface area contributed by atoms with E-state index >= 15 is 0 Å². The average molecular weight is 407 g/mol. The number of hydrogen-bond acceptors (Lipinski definition) is 4. The van der Waals surface area contributed by atoms with Crippen LogP contribution in [0.5, 0.6) is 0 Å². The number of carbonyl (C=O) groups is 1. The smallest absolute Gasteiger partial charge is 0.241 e. The first-order valence-corrected chi connectivity index (χ1v) is 10.7. The summed E-state index contributed by atoms with van der Waals surface area (Å²) in [4.78, 5) is 12.7. The molecule has 7 heteroatoms. The van der Waals surface area contributed by atoms with Crippen LogP contribution in [0.4, 0.5) is 0 Å². The maximum Gasteiger partial charge on any atom is 0.241 e. The Morgan fingerprint density at radius 3 is 2.38 bits per heavy atom. The molecule has 0 saturated carbocycles. The van der Waals surface area contributed by atoms with E-state index in [1.807, 2.05) is 48.5 Å². The second kappa shape index (κ2) is 9.32. The number of nitrogens with zero attached hydrogens (tertiary/aromatic N) is 1. The molecule has 1 unspecified atom stereocenters. The molecule has 0 heterocycles. The third kappa shape index (κ3) is 5.41. The molecule has 0 aliphatic heterocycles. The van der Waals surface area contributed by atoms with Crippen LogP contribution in [0.1, 0.15) is 12.0 Å². The van der Waals surface area contributed by atoms with Crippen LogP contribution in [0.2, 0.25) is 0 Å². The van der Waals surface area contributed by atoms with Crippen molar-refractivity contribution in [2.45, 2.75) is 23.8 Å². The number of sulfonamides is 1. The average Bonchev–Trinajstić information content (AvgIpc) is 2.74. The molecule has 0 radical (unpaired) electrons. The van der Waals surface area contributed by atoms with Gasteiger partial charge < -0.3 is 5.32 Å². The van der Waals surface area contributed by atoms with Crippen molar-refractivity contribution in [2.75, 3.05) is 6.54 Å². The molecule has 0 bridgehead atoms. The van der Waals surface area contributed by atoms with E-state index in [1.54, 1.807) is 18.2 Å². The van der Waals surface area contributed by atoms with Gasteiger partial charge in [0.05, 0.1) is 17.4 Å². The molecule has 1 atom stereocenters.